The smallest absolute Gasteiger partial charge is 0.337 e. The van der Waals surface area contributed by atoms with Crippen molar-refractivity contribution in [1.29, 1.82) is 0 Å². The van der Waals surface area contributed by atoms with E-state index in [0.29, 0.717) is 35.2 Å². The van der Waals surface area contributed by atoms with Crippen molar-refractivity contribution in [2.24, 2.45) is 0 Å². The molecule has 0 saturated carbocycles. The van der Waals surface area contributed by atoms with E-state index in [0.717, 1.165) is 16.8 Å². The second-order valence-electron chi connectivity index (χ2n) is 9.08. The number of hydrogen-bond donors (Lipinski definition) is 2. The Morgan fingerprint density at radius 3 is 2.34 bits per heavy atom. The number of Topliss-reactive ketones (excluding diaryl/α,β-unsaturated/α-hetero) is 1. The van der Waals surface area contributed by atoms with Gasteiger partial charge in [-0.2, -0.15) is 0 Å². The highest BCUT2D eigenvalue weighted by Gasteiger charge is 2.41. The number of dihydropyridines is 1. The number of ketones is 1. The van der Waals surface area contributed by atoms with Gasteiger partial charge in [0.2, 0.25) is 0 Å². The van der Waals surface area contributed by atoms with Gasteiger partial charge in [0.05, 0.1) is 5.57 Å². The Kier molecular flexibility index (Phi) is 6.23. The lowest BCUT2D eigenvalue weighted by Gasteiger charge is -2.36. The number of aromatic hydroxyl groups is 1. The third-order valence-electron chi connectivity index (χ3n) is 6.73. The van der Waals surface area contributed by atoms with Crippen molar-refractivity contribution in [3.05, 3.63) is 124 Å². The highest BCUT2D eigenvalue weighted by atomic mass is 16.5. The molecule has 0 saturated heterocycles. The van der Waals surface area contributed by atoms with Gasteiger partial charge >= 0.3 is 5.97 Å². The minimum absolute atomic E-state index is 0.00167. The van der Waals surface area contributed by atoms with Gasteiger partial charge in [-0.15, -0.1) is 0 Å². The normalized spacial score (nSPS) is 19.7. The van der Waals surface area contributed by atoms with Crippen LogP contribution in [0.4, 0.5) is 0 Å². The summed E-state index contributed by atoms with van der Waals surface area (Å²) in [6.45, 7) is 1.98. The molecule has 1 aliphatic heterocycles. The Hall–Kier alpha value is -4.12. The zero-order chi connectivity index (χ0) is 24.4. The zero-order valence-corrected chi connectivity index (χ0v) is 19.5. The number of carbonyl (C=O) groups is 2. The van der Waals surface area contributed by atoms with Crippen molar-refractivity contribution in [2.45, 2.75) is 38.2 Å². The molecular formula is C30H27NO4. The Bertz CT molecular complexity index is 1320. The van der Waals surface area contributed by atoms with Crippen LogP contribution in [0.25, 0.3) is 0 Å². The van der Waals surface area contributed by atoms with Crippen LogP contribution in [0.1, 0.15) is 48.3 Å². The van der Waals surface area contributed by atoms with Crippen LogP contribution in [0.3, 0.4) is 0 Å². The molecular weight excluding hydrogens is 438 g/mol. The number of nitrogens with one attached hydrogen (secondary N) is 1. The fourth-order valence-electron chi connectivity index (χ4n) is 5.11. The van der Waals surface area contributed by atoms with Crippen LogP contribution < -0.4 is 5.32 Å². The summed E-state index contributed by atoms with van der Waals surface area (Å²) in [4.78, 5) is 27.0. The highest BCUT2D eigenvalue weighted by molar-refractivity contribution is 6.04. The molecule has 0 fully saturated rings. The van der Waals surface area contributed by atoms with E-state index in [1.165, 1.54) is 0 Å². The van der Waals surface area contributed by atoms with Crippen molar-refractivity contribution in [3.8, 4) is 5.75 Å². The molecule has 176 valence electrons. The molecule has 3 aromatic rings. The van der Waals surface area contributed by atoms with E-state index in [9.17, 15) is 14.7 Å². The summed E-state index contributed by atoms with van der Waals surface area (Å²) in [7, 11) is 0. The Labute approximate surface area is 204 Å². The number of ether oxygens (including phenoxy) is 1. The Morgan fingerprint density at radius 1 is 0.943 bits per heavy atom. The Balaban J connectivity index is 1.52. The first-order valence-corrected chi connectivity index (χ1v) is 11.8. The number of esters is 1. The molecule has 5 rings (SSSR count). The van der Waals surface area contributed by atoms with Gasteiger partial charge in [0.25, 0.3) is 0 Å². The maximum atomic E-state index is 13.6. The number of rotatable bonds is 5. The van der Waals surface area contributed by atoms with Gasteiger partial charge in [0, 0.05) is 29.3 Å². The molecule has 3 aromatic carbocycles. The molecule has 0 spiro atoms. The predicted octanol–water partition coefficient (Wildman–Crippen LogP) is 5.50. The highest BCUT2D eigenvalue weighted by Crippen LogP contribution is 2.46. The fraction of sp³-hybridized carbons (Fsp3) is 0.200. The number of phenols is 1. The Morgan fingerprint density at radius 2 is 1.63 bits per heavy atom. The number of carbonyl (C=O) groups excluding carboxylic acids is 2. The molecule has 0 radical (unpaired) electrons. The van der Waals surface area contributed by atoms with Crippen molar-refractivity contribution < 1.29 is 19.4 Å². The zero-order valence-electron chi connectivity index (χ0n) is 19.5. The number of phenolic OH excluding ortho intramolecular Hbond substituents is 1. The predicted molar refractivity (Wildman–Crippen MR) is 133 cm³/mol. The topological polar surface area (TPSA) is 75.6 Å². The molecule has 2 aliphatic rings. The largest absolute Gasteiger partial charge is 0.508 e. The van der Waals surface area contributed by atoms with Crippen LogP contribution in [0, 0.1) is 0 Å². The van der Waals surface area contributed by atoms with Crippen LogP contribution in [0.2, 0.25) is 0 Å². The summed E-state index contributed by atoms with van der Waals surface area (Å²) < 4.78 is 5.69. The van der Waals surface area contributed by atoms with Crippen LogP contribution in [-0.2, 0) is 20.9 Å². The first kappa shape index (κ1) is 22.7. The lowest BCUT2D eigenvalue weighted by molar-refractivity contribution is -0.140. The molecule has 0 bridgehead atoms. The molecule has 2 N–H and O–H groups in total. The molecule has 1 aliphatic carbocycles. The van der Waals surface area contributed by atoms with Crippen molar-refractivity contribution in [2.75, 3.05) is 0 Å². The average molecular weight is 466 g/mol. The molecule has 5 nitrogen and oxygen atoms in total. The summed E-state index contributed by atoms with van der Waals surface area (Å²) in [5, 5.41) is 13.6. The van der Waals surface area contributed by atoms with Gasteiger partial charge in [-0.3, -0.25) is 4.79 Å². The maximum Gasteiger partial charge on any atom is 0.337 e. The fourth-order valence-corrected chi connectivity index (χ4v) is 5.11. The molecule has 2 atom stereocenters. The summed E-state index contributed by atoms with van der Waals surface area (Å²) in [6, 6.07) is 26.3. The first-order chi connectivity index (χ1) is 17.0. The van der Waals surface area contributed by atoms with Gasteiger partial charge in [0.1, 0.15) is 12.4 Å². The van der Waals surface area contributed by atoms with Crippen LogP contribution in [0.5, 0.6) is 5.75 Å². The summed E-state index contributed by atoms with van der Waals surface area (Å²) >= 11 is 0. The summed E-state index contributed by atoms with van der Waals surface area (Å²) in [6.07, 6.45) is 1.04. The number of benzene rings is 3. The van der Waals surface area contributed by atoms with Gasteiger partial charge in [-0.25, -0.2) is 4.79 Å². The van der Waals surface area contributed by atoms with E-state index >= 15 is 0 Å². The van der Waals surface area contributed by atoms with Gasteiger partial charge in [-0.05, 0) is 48.1 Å². The second kappa shape index (κ2) is 9.63. The maximum absolute atomic E-state index is 13.6. The third-order valence-corrected chi connectivity index (χ3v) is 6.73. The van der Waals surface area contributed by atoms with Crippen molar-refractivity contribution in [3.63, 3.8) is 0 Å². The minimum Gasteiger partial charge on any atom is -0.508 e. The molecule has 5 heteroatoms. The molecule has 0 amide bonds. The van der Waals surface area contributed by atoms with E-state index in [4.69, 9.17) is 4.74 Å². The average Bonchev–Trinajstić information content (AvgIpc) is 2.87. The quantitative estimate of drug-likeness (QED) is 0.487. The summed E-state index contributed by atoms with van der Waals surface area (Å²) in [5.41, 5.74) is 5.18. The van der Waals surface area contributed by atoms with Crippen LogP contribution in [-0.4, -0.2) is 16.9 Å². The lowest BCUT2D eigenvalue weighted by atomic mass is 9.71. The van der Waals surface area contributed by atoms with Crippen LogP contribution >= 0.6 is 0 Å². The lowest BCUT2D eigenvalue weighted by Crippen LogP contribution is -2.36. The molecule has 0 unspecified atom stereocenters. The number of allylic oxidation sites excluding steroid dienone is 3. The first-order valence-electron chi connectivity index (χ1n) is 11.8. The van der Waals surface area contributed by atoms with E-state index in [1.54, 1.807) is 18.2 Å². The van der Waals surface area contributed by atoms with E-state index in [2.05, 4.69) is 5.32 Å². The van der Waals surface area contributed by atoms with Gasteiger partial charge < -0.3 is 15.2 Å². The van der Waals surface area contributed by atoms with Gasteiger partial charge in [0.15, 0.2) is 5.78 Å². The van der Waals surface area contributed by atoms with Crippen molar-refractivity contribution >= 4 is 11.8 Å². The monoisotopic (exact) mass is 465 g/mol. The summed E-state index contributed by atoms with van der Waals surface area (Å²) in [5.74, 6) is -0.924. The van der Waals surface area contributed by atoms with Crippen molar-refractivity contribution in [1.82, 2.24) is 5.32 Å². The van der Waals surface area contributed by atoms with E-state index in [-0.39, 0.29) is 24.1 Å². The second-order valence-corrected chi connectivity index (χ2v) is 9.08. The molecule has 1 heterocycles. The van der Waals surface area contributed by atoms with Crippen LogP contribution in [0.15, 0.2) is 107 Å². The molecule has 35 heavy (non-hydrogen) atoms. The third kappa shape index (κ3) is 4.62. The van der Waals surface area contributed by atoms with E-state index < -0.39 is 11.9 Å². The standard InChI is InChI=1S/C30H27NO4/c1-19-27(30(34)35-18-20-9-4-2-5-10-20)28(22-13-8-14-24(32)15-22)29-25(31-19)16-23(17-26(29)33)21-11-6-3-7-12-21/h2-15,23,28,31-32H,16-18H2,1H3/t23-,28-/m0/s1. The minimum atomic E-state index is -0.606. The molecule has 0 aromatic heterocycles. The van der Waals surface area contributed by atoms with E-state index in [1.807, 2.05) is 73.7 Å². The van der Waals surface area contributed by atoms with Gasteiger partial charge in [-0.1, -0.05) is 72.8 Å². The SMILES string of the molecule is CC1=C(C(=O)OCc2ccccc2)[C@H](c2cccc(O)c2)C2=C(C[C@H](c3ccccc3)CC2=O)N1. The number of hydrogen-bond acceptors (Lipinski definition) is 5.